The third-order valence-electron chi connectivity index (χ3n) is 1.34. The molecule has 0 fully saturated rings. The molecule has 0 aliphatic heterocycles. The molecule has 0 aromatic rings. The Hall–Kier alpha value is -1.19. The van der Waals surface area contributed by atoms with Crippen LogP contribution >= 0.6 is 0 Å². The summed E-state index contributed by atoms with van der Waals surface area (Å²) in [5.74, 6) is 0.250. The Balaban J connectivity index is 4.67. The lowest BCUT2D eigenvalue weighted by molar-refractivity contribution is 0.347. The van der Waals surface area contributed by atoms with E-state index in [1.165, 1.54) is 7.05 Å². The molecule has 0 atom stereocenters. The van der Waals surface area contributed by atoms with Crippen LogP contribution in [0, 0.1) is 5.92 Å². The van der Waals surface area contributed by atoms with Gasteiger partial charge in [-0.05, 0) is 0 Å². The molecule has 0 bridgehead atoms. The molecule has 11 heavy (non-hydrogen) atoms. The van der Waals surface area contributed by atoms with Crippen LogP contribution in [0.5, 0.6) is 0 Å². The summed E-state index contributed by atoms with van der Waals surface area (Å²) in [4.78, 5) is 3.64. The predicted octanol–water partition coefficient (Wildman–Crippen LogP) is 0.358. The molecule has 0 aliphatic carbocycles. The van der Waals surface area contributed by atoms with Gasteiger partial charge in [0.25, 0.3) is 0 Å². The van der Waals surface area contributed by atoms with Crippen molar-refractivity contribution in [2.75, 3.05) is 7.05 Å². The molecule has 0 saturated heterocycles. The van der Waals surface area contributed by atoms with E-state index in [2.05, 4.69) is 4.99 Å². The lowest BCUT2D eigenvalue weighted by Gasteiger charge is -2.07. The number of aliphatic imine (C=N–C) groups is 1. The first kappa shape index (κ1) is 9.81. The van der Waals surface area contributed by atoms with Crippen molar-refractivity contribution < 1.29 is 5.11 Å². The summed E-state index contributed by atoms with van der Waals surface area (Å²) in [7, 11) is 1.52. The number of aliphatic hydroxyl groups excluding tert-OH is 1. The van der Waals surface area contributed by atoms with Crippen molar-refractivity contribution in [1.29, 1.82) is 0 Å². The number of hydrogen-bond donors (Lipinski definition) is 3. The summed E-state index contributed by atoms with van der Waals surface area (Å²) in [6.45, 7) is 3.65. The Morgan fingerprint density at radius 2 is 1.82 bits per heavy atom. The summed E-state index contributed by atoms with van der Waals surface area (Å²) in [5.41, 5.74) is 11.0. The van der Waals surface area contributed by atoms with Crippen LogP contribution in [-0.2, 0) is 0 Å². The summed E-state index contributed by atoms with van der Waals surface area (Å²) < 4.78 is 0. The molecule has 0 spiro atoms. The van der Waals surface area contributed by atoms with Crippen molar-refractivity contribution in [3.8, 4) is 0 Å². The third kappa shape index (κ3) is 2.49. The zero-order valence-electron chi connectivity index (χ0n) is 7.13. The summed E-state index contributed by atoms with van der Waals surface area (Å²) in [5, 5.41) is 9.29. The largest absolute Gasteiger partial charge is 0.510 e. The van der Waals surface area contributed by atoms with Crippen LogP contribution in [0.1, 0.15) is 13.8 Å². The van der Waals surface area contributed by atoms with Gasteiger partial charge in [-0.3, -0.25) is 4.99 Å². The zero-order chi connectivity index (χ0) is 9.02. The number of hydrogen-bond acceptors (Lipinski definition) is 3. The Kier molecular flexibility index (Phi) is 3.44. The molecular formula is C7H15N3O. The van der Waals surface area contributed by atoms with E-state index in [0.717, 1.165) is 0 Å². The molecule has 0 aromatic carbocycles. The molecule has 0 radical (unpaired) electrons. The normalized spacial score (nSPS) is 15.1. The van der Waals surface area contributed by atoms with Crippen LogP contribution in [0.2, 0.25) is 0 Å². The number of aliphatic hydroxyl groups is 1. The summed E-state index contributed by atoms with van der Waals surface area (Å²) >= 11 is 0. The number of nitrogens with zero attached hydrogens (tertiary/aromatic N) is 1. The Bertz CT molecular complexity index is 194. The van der Waals surface area contributed by atoms with Crippen molar-refractivity contribution in [2.24, 2.45) is 22.4 Å². The second-order valence-electron chi connectivity index (χ2n) is 2.56. The Labute approximate surface area is 66.6 Å². The number of nitrogens with two attached hydrogens (primary N) is 2. The SMILES string of the molecule is CN=C(N)C(N)=C(O)C(C)C. The van der Waals surface area contributed by atoms with Crippen molar-refractivity contribution in [2.45, 2.75) is 13.8 Å². The first-order chi connectivity index (χ1) is 5.00. The predicted molar refractivity (Wildman–Crippen MR) is 46.2 cm³/mol. The minimum atomic E-state index is -0.0182. The smallest absolute Gasteiger partial charge is 0.145 e. The number of amidine groups is 1. The minimum Gasteiger partial charge on any atom is -0.510 e. The molecule has 4 heteroatoms. The summed E-state index contributed by atoms with van der Waals surface area (Å²) in [6.07, 6.45) is 0. The Morgan fingerprint density at radius 3 is 2.09 bits per heavy atom. The van der Waals surface area contributed by atoms with Gasteiger partial charge in [0.2, 0.25) is 0 Å². The highest BCUT2D eigenvalue weighted by Gasteiger charge is 2.08. The zero-order valence-corrected chi connectivity index (χ0v) is 7.13. The quantitative estimate of drug-likeness (QED) is 0.307. The van der Waals surface area contributed by atoms with Gasteiger partial charge in [-0.25, -0.2) is 0 Å². The van der Waals surface area contributed by atoms with Crippen molar-refractivity contribution in [3.05, 3.63) is 11.5 Å². The van der Waals surface area contributed by atoms with Crippen LogP contribution in [0.4, 0.5) is 0 Å². The van der Waals surface area contributed by atoms with Crippen molar-refractivity contribution in [1.82, 2.24) is 0 Å². The molecular weight excluding hydrogens is 142 g/mol. The van der Waals surface area contributed by atoms with Gasteiger partial charge in [0.05, 0.1) is 0 Å². The average Bonchev–Trinajstić information content (AvgIpc) is 2.00. The monoisotopic (exact) mass is 157 g/mol. The molecule has 0 saturated carbocycles. The minimum absolute atomic E-state index is 0.0182. The van der Waals surface area contributed by atoms with Gasteiger partial charge in [-0.1, -0.05) is 13.8 Å². The van der Waals surface area contributed by atoms with Crippen LogP contribution in [-0.4, -0.2) is 18.0 Å². The topological polar surface area (TPSA) is 84.6 Å². The van der Waals surface area contributed by atoms with Crippen LogP contribution < -0.4 is 11.5 Å². The fraction of sp³-hybridized carbons (Fsp3) is 0.571. The Morgan fingerprint density at radius 1 is 1.36 bits per heavy atom. The first-order valence-electron chi connectivity index (χ1n) is 3.42. The maximum atomic E-state index is 9.29. The molecule has 5 N–H and O–H groups in total. The molecule has 4 nitrogen and oxygen atoms in total. The summed E-state index contributed by atoms with van der Waals surface area (Å²) in [6, 6.07) is 0. The van der Waals surface area contributed by atoms with Crippen LogP contribution in [0.15, 0.2) is 16.4 Å². The van der Waals surface area contributed by atoms with E-state index in [0.29, 0.717) is 0 Å². The van der Waals surface area contributed by atoms with E-state index < -0.39 is 0 Å². The van der Waals surface area contributed by atoms with E-state index in [1.807, 2.05) is 13.8 Å². The van der Waals surface area contributed by atoms with E-state index in [-0.39, 0.29) is 23.2 Å². The molecule has 0 unspecified atom stereocenters. The molecule has 0 rings (SSSR count). The van der Waals surface area contributed by atoms with Crippen LogP contribution in [0.25, 0.3) is 0 Å². The van der Waals surface area contributed by atoms with Gasteiger partial charge >= 0.3 is 0 Å². The third-order valence-corrected chi connectivity index (χ3v) is 1.34. The number of allylic oxidation sites excluding steroid dienone is 1. The van der Waals surface area contributed by atoms with E-state index >= 15 is 0 Å². The maximum absolute atomic E-state index is 9.29. The van der Waals surface area contributed by atoms with E-state index in [4.69, 9.17) is 11.5 Å². The van der Waals surface area contributed by atoms with E-state index in [9.17, 15) is 5.11 Å². The molecule has 0 amide bonds. The van der Waals surface area contributed by atoms with Gasteiger partial charge in [-0.2, -0.15) is 0 Å². The van der Waals surface area contributed by atoms with Gasteiger partial charge in [-0.15, -0.1) is 0 Å². The highest BCUT2D eigenvalue weighted by molar-refractivity contribution is 5.96. The van der Waals surface area contributed by atoms with Crippen molar-refractivity contribution >= 4 is 5.84 Å². The number of rotatable bonds is 2. The molecule has 64 valence electrons. The van der Waals surface area contributed by atoms with Crippen molar-refractivity contribution in [3.63, 3.8) is 0 Å². The lowest BCUT2D eigenvalue weighted by Crippen LogP contribution is -2.24. The fourth-order valence-electron chi connectivity index (χ4n) is 0.563. The second kappa shape index (κ2) is 3.85. The fourth-order valence-corrected chi connectivity index (χ4v) is 0.563. The molecule has 0 heterocycles. The van der Waals surface area contributed by atoms with E-state index in [1.54, 1.807) is 0 Å². The maximum Gasteiger partial charge on any atom is 0.145 e. The van der Waals surface area contributed by atoms with Gasteiger partial charge in [0, 0.05) is 13.0 Å². The molecule has 0 aromatic heterocycles. The van der Waals surface area contributed by atoms with Crippen LogP contribution in [0.3, 0.4) is 0 Å². The highest BCUT2D eigenvalue weighted by Crippen LogP contribution is 2.07. The first-order valence-corrected chi connectivity index (χ1v) is 3.42. The molecule has 0 aliphatic rings. The average molecular weight is 157 g/mol. The standard InChI is InChI=1S/C7H15N3O/c1-4(2)6(11)5(8)7(9)10-3/h4,11H,8H2,1-3H3,(H2,9,10). The van der Waals surface area contributed by atoms with Gasteiger partial charge in [0.1, 0.15) is 17.3 Å². The lowest BCUT2D eigenvalue weighted by atomic mass is 10.1. The van der Waals surface area contributed by atoms with Gasteiger partial charge in [0.15, 0.2) is 0 Å². The second-order valence-corrected chi connectivity index (χ2v) is 2.56. The van der Waals surface area contributed by atoms with Gasteiger partial charge < -0.3 is 16.6 Å². The highest BCUT2D eigenvalue weighted by atomic mass is 16.3.